The van der Waals surface area contributed by atoms with E-state index >= 15 is 0 Å². The molecule has 0 amide bonds. The van der Waals surface area contributed by atoms with Crippen LogP contribution in [0.3, 0.4) is 0 Å². The van der Waals surface area contributed by atoms with Crippen LogP contribution < -0.4 is 11.5 Å². The van der Waals surface area contributed by atoms with Gasteiger partial charge in [-0.25, -0.2) is 4.79 Å². The number of nitrogens with zero attached hydrogens (tertiary/aromatic N) is 5. The first-order valence-corrected chi connectivity index (χ1v) is 8.66. The van der Waals surface area contributed by atoms with Gasteiger partial charge in [0.25, 0.3) is 0 Å². The lowest BCUT2D eigenvalue weighted by atomic mass is 9.89. The van der Waals surface area contributed by atoms with Gasteiger partial charge in [0, 0.05) is 49.5 Å². The van der Waals surface area contributed by atoms with Crippen LogP contribution >= 0.6 is 0 Å². The lowest BCUT2D eigenvalue weighted by Crippen LogP contribution is -2.42. The third kappa shape index (κ3) is 5.98. The zero-order valence-electron chi connectivity index (χ0n) is 15.4. The molecule has 0 bridgehead atoms. The zero-order chi connectivity index (χ0) is 20.4. The highest BCUT2D eigenvalue weighted by molar-refractivity contribution is 5.87. The number of nitrogens with two attached hydrogens (primary N) is 2. The molecule has 0 atom stereocenters. The van der Waals surface area contributed by atoms with Crippen molar-refractivity contribution < 1.29 is 15.0 Å². The van der Waals surface area contributed by atoms with Gasteiger partial charge >= 0.3 is 5.97 Å². The molecule has 0 aromatic carbocycles. The van der Waals surface area contributed by atoms with Gasteiger partial charge in [-0.1, -0.05) is 0 Å². The maximum absolute atomic E-state index is 10.3. The van der Waals surface area contributed by atoms with E-state index in [1.54, 1.807) is 27.8 Å². The number of hydrogen-bond acceptors (Lipinski definition) is 7. The molecule has 0 unspecified atom stereocenters. The smallest absolute Gasteiger partial charge is 0.337 e. The SMILES string of the molecule is NCC(CO)(Cn1cccn1)Cn1cccn1.NCc1ccc(C(=O)O)cn1. The van der Waals surface area contributed by atoms with Gasteiger partial charge in [-0.05, 0) is 24.3 Å². The summed E-state index contributed by atoms with van der Waals surface area (Å²) >= 11 is 0. The fourth-order valence-corrected chi connectivity index (χ4v) is 2.49. The standard InChI is InChI=1S/C11H17N5O.C7H8N2O2/c12-7-11(10-17,8-15-5-1-3-13-15)9-16-6-2-4-14-16;8-3-6-2-1-5(4-9-6)7(10)11/h1-6,17H,7-10,12H2;1-2,4H,3,8H2,(H,10,11). The fourth-order valence-electron chi connectivity index (χ4n) is 2.49. The number of carboxylic acid groups (broad SMARTS) is 1. The molecule has 0 saturated heterocycles. The summed E-state index contributed by atoms with van der Waals surface area (Å²) in [7, 11) is 0. The quantitative estimate of drug-likeness (QED) is 0.419. The van der Waals surface area contributed by atoms with Crippen molar-refractivity contribution >= 4 is 5.97 Å². The highest BCUT2D eigenvalue weighted by Crippen LogP contribution is 2.20. The minimum Gasteiger partial charge on any atom is -0.478 e. The predicted molar refractivity (Wildman–Crippen MR) is 102 cm³/mol. The maximum Gasteiger partial charge on any atom is 0.337 e. The summed E-state index contributed by atoms with van der Waals surface area (Å²) < 4.78 is 3.57. The number of pyridine rings is 1. The summed E-state index contributed by atoms with van der Waals surface area (Å²) in [5.41, 5.74) is 11.5. The van der Waals surface area contributed by atoms with E-state index in [9.17, 15) is 9.90 Å². The summed E-state index contributed by atoms with van der Waals surface area (Å²) in [5, 5.41) is 26.4. The first kappa shape index (κ1) is 21.2. The van der Waals surface area contributed by atoms with Crippen molar-refractivity contribution in [1.82, 2.24) is 24.5 Å². The van der Waals surface area contributed by atoms with Crippen LogP contribution in [0.25, 0.3) is 0 Å². The molecule has 0 saturated carbocycles. The van der Waals surface area contributed by atoms with E-state index in [4.69, 9.17) is 16.6 Å². The van der Waals surface area contributed by atoms with E-state index in [1.165, 1.54) is 12.3 Å². The van der Waals surface area contributed by atoms with Crippen molar-refractivity contribution in [3.63, 3.8) is 0 Å². The first-order chi connectivity index (χ1) is 13.5. The van der Waals surface area contributed by atoms with Gasteiger partial charge in [-0.15, -0.1) is 0 Å². The first-order valence-electron chi connectivity index (χ1n) is 8.66. The number of aromatic carboxylic acids is 1. The molecule has 3 aromatic heterocycles. The van der Waals surface area contributed by atoms with Crippen LogP contribution in [0.15, 0.2) is 55.2 Å². The normalized spacial score (nSPS) is 11.0. The molecule has 3 heterocycles. The van der Waals surface area contributed by atoms with Crippen LogP contribution in [0.5, 0.6) is 0 Å². The summed E-state index contributed by atoms with van der Waals surface area (Å²) in [6.07, 6.45) is 8.45. The minimum atomic E-state index is -0.971. The molecule has 0 aliphatic heterocycles. The molecular weight excluding hydrogens is 362 g/mol. The topological polar surface area (TPSA) is 158 Å². The molecule has 10 heteroatoms. The molecule has 0 fully saturated rings. The van der Waals surface area contributed by atoms with E-state index < -0.39 is 11.4 Å². The van der Waals surface area contributed by atoms with Gasteiger partial charge in [-0.3, -0.25) is 14.3 Å². The minimum absolute atomic E-state index is 0.00319. The van der Waals surface area contributed by atoms with Crippen molar-refractivity contribution in [1.29, 1.82) is 0 Å². The van der Waals surface area contributed by atoms with Crippen molar-refractivity contribution in [3.05, 3.63) is 66.5 Å². The Kier molecular flexibility index (Phi) is 7.81. The Hall–Kier alpha value is -3.08. The molecule has 0 aliphatic rings. The molecule has 28 heavy (non-hydrogen) atoms. The van der Waals surface area contributed by atoms with Gasteiger partial charge < -0.3 is 21.7 Å². The zero-order valence-corrected chi connectivity index (χ0v) is 15.4. The number of carboxylic acids is 1. The van der Waals surface area contributed by atoms with E-state index in [-0.39, 0.29) is 12.2 Å². The van der Waals surface area contributed by atoms with Gasteiger partial charge in [0.2, 0.25) is 0 Å². The average Bonchev–Trinajstić information content (AvgIpc) is 3.42. The second-order valence-electron chi connectivity index (χ2n) is 6.32. The van der Waals surface area contributed by atoms with Crippen LogP contribution in [0, 0.1) is 5.41 Å². The highest BCUT2D eigenvalue weighted by atomic mass is 16.4. The summed E-state index contributed by atoms with van der Waals surface area (Å²) in [6.45, 7) is 1.87. The van der Waals surface area contributed by atoms with Gasteiger partial charge in [0.15, 0.2) is 0 Å². The largest absolute Gasteiger partial charge is 0.478 e. The van der Waals surface area contributed by atoms with Gasteiger partial charge in [0.05, 0.1) is 31.0 Å². The number of hydrogen-bond donors (Lipinski definition) is 4. The molecule has 150 valence electrons. The second kappa shape index (κ2) is 10.3. The lowest BCUT2D eigenvalue weighted by molar-refractivity contribution is 0.0696. The van der Waals surface area contributed by atoms with Gasteiger partial charge in [-0.2, -0.15) is 10.2 Å². The molecule has 0 spiro atoms. The van der Waals surface area contributed by atoms with Crippen LogP contribution in [-0.2, 0) is 19.6 Å². The predicted octanol–water partition coefficient (Wildman–Crippen LogP) is -0.0443. The van der Waals surface area contributed by atoms with Crippen LogP contribution in [-0.4, -0.2) is 53.9 Å². The Bertz CT molecular complexity index is 775. The molecule has 0 radical (unpaired) electrons. The van der Waals surface area contributed by atoms with Gasteiger partial charge in [0.1, 0.15) is 0 Å². The number of carbonyl (C=O) groups is 1. The number of aromatic nitrogens is 5. The number of aliphatic hydroxyl groups is 1. The Morgan fingerprint density at radius 3 is 2.00 bits per heavy atom. The van der Waals surface area contributed by atoms with Crippen LogP contribution in [0.1, 0.15) is 16.1 Å². The number of aliphatic hydroxyl groups excluding tert-OH is 1. The molecule has 10 nitrogen and oxygen atoms in total. The monoisotopic (exact) mass is 387 g/mol. The van der Waals surface area contributed by atoms with E-state index in [0.717, 1.165) is 0 Å². The lowest BCUT2D eigenvalue weighted by Gasteiger charge is -2.30. The van der Waals surface area contributed by atoms with Crippen molar-refractivity contribution in [2.24, 2.45) is 16.9 Å². The van der Waals surface area contributed by atoms with E-state index in [0.29, 0.717) is 31.9 Å². The van der Waals surface area contributed by atoms with Crippen LogP contribution in [0.2, 0.25) is 0 Å². The van der Waals surface area contributed by atoms with E-state index in [2.05, 4.69) is 15.2 Å². The molecule has 3 aromatic rings. The van der Waals surface area contributed by atoms with Crippen molar-refractivity contribution in [3.8, 4) is 0 Å². The van der Waals surface area contributed by atoms with Crippen LogP contribution in [0.4, 0.5) is 0 Å². The van der Waals surface area contributed by atoms with Crippen molar-refractivity contribution in [2.45, 2.75) is 19.6 Å². The van der Waals surface area contributed by atoms with Crippen molar-refractivity contribution in [2.75, 3.05) is 13.2 Å². The summed E-state index contributed by atoms with van der Waals surface area (Å²) in [6, 6.07) is 6.79. The molecule has 3 rings (SSSR count). The Labute approximate surface area is 162 Å². The Morgan fingerprint density at radius 2 is 1.68 bits per heavy atom. The summed E-state index contributed by atoms with van der Waals surface area (Å²) in [4.78, 5) is 14.1. The fraction of sp³-hybridized carbons (Fsp3) is 0.333. The third-order valence-corrected chi connectivity index (χ3v) is 4.16. The van der Waals surface area contributed by atoms with E-state index in [1.807, 2.05) is 24.5 Å². The molecule has 6 N–H and O–H groups in total. The third-order valence-electron chi connectivity index (χ3n) is 4.16. The summed E-state index contributed by atoms with van der Waals surface area (Å²) in [5.74, 6) is -0.971. The average molecular weight is 387 g/mol. The second-order valence-corrected chi connectivity index (χ2v) is 6.32. The maximum atomic E-state index is 10.3. The Balaban J connectivity index is 0.000000221. The number of rotatable bonds is 8. The molecule has 0 aliphatic carbocycles. The Morgan fingerprint density at radius 1 is 1.07 bits per heavy atom. The molecular formula is C18H25N7O3. The highest BCUT2D eigenvalue weighted by Gasteiger charge is 2.29.